The molecular weight excluding hydrogens is 522 g/mol. The number of nitrogens with one attached hydrogen (secondary N) is 2. The Hall–Kier alpha value is -3.75. The van der Waals surface area contributed by atoms with Gasteiger partial charge < -0.3 is 30.5 Å². The van der Waals surface area contributed by atoms with Crippen LogP contribution in [0.4, 0.5) is 4.79 Å². The van der Waals surface area contributed by atoms with Gasteiger partial charge in [-0.2, -0.15) is 0 Å². The Labute approximate surface area is 244 Å². The van der Waals surface area contributed by atoms with Crippen LogP contribution in [0.25, 0.3) is 0 Å². The minimum atomic E-state index is -1.15. The molecule has 3 amide bonds. The van der Waals surface area contributed by atoms with Gasteiger partial charge in [-0.1, -0.05) is 50.1 Å². The molecule has 0 radical (unpaired) electrons. The van der Waals surface area contributed by atoms with Gasteiger partial charge >= 0.3 is 6.09 Å². The van der Waals surface area contributed by atoms with Crippen molar-refractivity contribution in [3.63, 3.8) is 0 Å². The van der Waals surface area contributed by atoms with Crippen molar-refractivity contribution in [3.05, 3.63) is 59.2 Å². The molecule has 2 atom stereocenters. The maximum absolute atomic E-state index is 14.4. The fourth-order valence-electron chi connectivity index (χ4n) is 4.41. The number of hydrogen-bond donors (Lipinski definition) is 4. The van der Waals surface area contributed by atoms with Gasteiger partial charge in [0.25, 0.3) is 0 Å². The number of aryl methyl sites for hydroxylation is 1. The molecule has 0 aliphatic rings. The molecule has 0 aliphatic carbocycles. The van der Waals surface area contributed by atoms with Crippen LogP contribution in [-0.4, -0.2) is 56.7 Å². The van der Waals surface area contributed by atoms with Gasteiger partial charge in [-0.15, -0.1) is 0 Å². The number of alkyl carbamates (subject to hydrolysis) is 1. The molecule has 0 bridgehead atoms. The van der Waals surface area contributed by atoms with Crippen LogP contribution in [-0.2, 0) is 20.7 Å². The van der Waals surface area contributed by atoms with Gasteiger partial charge in [-0.3, -0.25) is 9.59 Å². The number of hydrogen-bond acceptors (Lipinski definition) is 6. The van der Waals surface area contributed by atoms with Crippen molar-refractivity contribution in [2.45, 2.75) is 104 Å². The number of nitrogens with zero attached hydrogens (tertiary/aromatic N) is 1. The Bertz CT molecular complexity index is 1180. The predicted molar refractivity (Wildman–Crippen MR) is 160 cm³/mol. The second-order valence-electron chi connectivity index (χ2n) is 12.5. The maximum Gasteiger partial charge on any atom is 0.408 e. The third-order valence-electron chi connectivity index (χ3n) is 6.27. The smallest absolute Gasteiger partial charge is 0.408 e. The summed E-state index contributed by atoms with van der Waals surface area (Å²) in [7, 11) is 0. The zero-order chi connectivity index (χ0) is 31.0. The topological polar surface area (TPSA) is 128 Å². The van der Waals surface area contributed by atoms with E-state index < -0.39 is 41.1 Å². The monoisotopic (exact) mass is 569 g/mol. The lowest BCUT2D eigenvalue weighted by Gasteiger charge is -2.36. The molecule has 0 spiro atoms. The van der Waals surface area contributed by atoms with Crippen molar-refractivity contribution in [2.24, 2.45) is 0 Å². The molecule has 9 nitrogen and oxygen atoms in total. The first-order valence-electron chi connectivity index (χ1n) is 14.2. The SMILES string of the molecule is CCCCCN(C(=O)C(Cc1ccc(O)cc1)NC(=O)OC(C)(C)C)C(C(=O)NC(C)(C)C)c1cccc(C)c1O. The summed E-state index contributed by atoms with van der Waals surface area (Å²) in [6, 6.07) is 9.23. The highest BCUT2D eigenvalue weighted by atomic mass is 16.6. The number of phenols is 2. The molecule has 0 fully saturated rings. The molecule has 0 saturated heterocycles. The van der Waals surface area contributed by atoms with Gasteiger partial charge in [-0.25, -0.2) is 4.79 Å². The number of aromatic hydroxyl groups is 2. The Kier molecular flexibility index (Phi) is 11.6. The summed E-state index contributed by atoms with van der Waals surface area (Å²) in [6.45, 7) is 14.7. The molecule has 41 heavy (non-hydrogen) atoms. The van der Waals surface area contributed by atoms with E-state index in [0.29, 0.717) is 23.1 Å². The van der Waals surface area contributed by atoms with Gasteiger partial charge in [0.05, 0.1) is 0 Å². The number of carbonyl (C=O) groups excluding carboxylic acids is 3. The van der Waals surface area contributed by atoms with Gasteiger partial charge in [-0.05, 0) is 78.1 Å². The van der Waals surface area contributed by atoms with Crippen molar-refractivity contribution in [2.75, 3.05) is 6.54 Å². The van der Waals surface area contributed by atoms with Crippen LogP contribution in [0.3, 0.4) is 0 Å². The van der Waals surface area contributed by atoms with Crippen molar-refractivity contribution < 1.29 is 29.3 Å². The molecule has 0 aromatic heterocycles. The standard InChI is InChI=1S/C32H47N3O6/c1-9-10-11-19-35(26(28(38)34-31(3,4)5)24-14-12-13-21(2)27(24)37)29(39)25(33-30(40)41-32(6,7)8)20-22-15-17-23(36)18-16-22/h12-18,25-26,36-37H,9-11,19-20H2,1-8H3,(H,33,40)(H,34,38). The fourth-order valence-corrected chi connectivity index (χ4v) is 4.41. The average Bonchev–Trinajstić information content (AvgIpc) is 2.84. The highest BCUT2D eigenvalue weighted by Gasteiger charge is 2.38. The van der Waals surface area contributed by atoms with E-state index in [0.717, 1.165) is 12.8 Å². The van der Waals surface area contributed by atoms with Gasteiger partial charge in [0.1, 0.15) is 29.2 Å². The van der Waals surface area contributed by atoms with E-state index in [-0.39, 0.29) is 24.5 Å². The molecule has 2 aromatic carbocycles. The summed E-state index contributed by atoms with van der Waals surface area (Å²) in [5, 5.41) is 26.5. The zero-order valence-corrected chi connectivity index (χ0v) is 25.7. The van der Waals surface area contributed by atoms with E-state index in [1.165, 1.54) is 17.0 Å². The Morgan fingerprint density at radius 3 is 2.15 bits per heavy atom. The van der Waals surface area contributed by atoms with E-state index in [2.05, 4.69) is 10.6 Å². The van der Waals surface area contributed by atoms with Gasteiger partial charge in [0.15, 0.2) is 0 Å². The Balaban J connectivity index is 2.64. The summed E-state index contributed by atoms with van der Waals surface area (Å²) in [5.74, 6) is -0.921. The second kappa shape index (κ2) is 14.2. The van der Waals surface area contributed by atoms with Crippen LogP contribution < -0.4 is 10.6 Å². The number of para-hydroxylation sites is 1. The lowest BCUT2D eigenvalue weighted by Crippen LogP contribution is -2.55. The highest BCUT2D eigenvalue weighted by Crippen LogP contribution is 2.33. The van der Waals surface area contributed by atoms with Crippen molar-refractivity contribution >= 4 is 17.9 Å². The summed E-state index contributed by atoms with van der Waals surface area (Å²) in [6.07, 6.45) is 1.66. The number of carbonyl (C=O) groups is 3. The number of amides is 3. The van der Waals surface area contributed by atoms with Crippen LogP contribution in [0.2, 0.25) is 0 Å². The first-order valence-corrected chi connectivity index (χ1v) is 14.2. The van der Waals surface area contributed by atoms with Gasteiger partial charge in [0, 0.05) is 24.1 Å². The summed E-state index contributed by atoms with van der Waals surface area (Å²) in [5.41, 5.74) is 0.175. The van der Waals surface area contributed by atoms with Gasteiger partial charge in [0.2, 0.25) is 11.8 Å². The number of ether oxygens (including phenoxy) is 1. The Morgan fingerprint density at radius 2 is 1.59 bits per heavy atom. The maximum atomic E-state index is 14.4. The number of rotatable bonds is 11. The molecule has 2 aromatic rings. The largest absolute Gasteiger partial charge is 0.508 e. The lowest BCUT2D eigenvalue weighted by molar-refractivity contribution is -0.143. The van der Waals surface area contributed by atoms with Crippen molar-refractivity contribution in [3.8, 4) is 11.5 Å². The lowest BCUT2D eigenvalue weighted by atomic mass is 9.96. The third kappa shape index (κ3) is 10.6. The van der Waals surface area contributed by atoms with Crippen molar-refractivity contribution in [1.29, 1.82) is 0 Å². The van der Waals surface area contributed by atoms with Crippen LogP contribution >= 0.6 is 0 Å². The molecule has 0 heterocycles. The third-order valence-corrected chi connectivity index (χ3v) is 6.27. The quantitative estimate of drug-likeness (QED) is 0.264. The molecular formula is C32H47N3O6. The summed E-state index contributed by atoms with van der Waals surface area (Å²) in [4.78, 5) is 42.7. The normalized spacial score (nSPS) is 13.2. The first kappa shape index (κ1) is 33.5. The summed E-state index contributed by atoms with van der Waals surface area (Å²) < 4.78 is 5.47. The zero-order valence-electron chi connectivity index (χ0n) is 25.7. The van der Waals surface area contributed by atoms with E-state index in [1.54, 1.807) is 58.0 Å². The number of phenolic OH excluding ortho intramolecular Hbond substituents is 2. The molecule has 4 N–H and O–H groups in total. The van der Waals surface area contributed by atoms with E-state index >= 15 is 0 Å². The van der Waals surface area contributed by atoms with E-state index in [1.807, 2.05) is 27.7 Å². The molecule has 226 valence electrons. The van der Waals surface area contributed by atoms with Crippen LogP contribution in [0.15, 0.2) is 42.5 Å². The molecule has 9 heteroatoms. The molecule has 2 unspecified atom stereocenters. The van der Waals surface area contributed by atoms with Crippen LogP contribution in [0.5, 0.6) is 11.5 Å². The Morgan fingerprint density at radius 1 is 0.951 bits per heavy atom. The second-order valence-corrected chi connectivity index (χ2v) is 12.5. The molecule has 0 saturated carbocycles. The molecule has 2 rings (SSSR count). The van der Waals surface area contributed by atoms with Crippen LogP contribution in [0, 0.1) is 6.92 Å². The minimum Gasteiger partial charge on any atom is -0.508 e. The number of unbranched alkanes of at least 4 members (excludes halogenated alkanes) is 2. The number of benzene rings is 2. The first-order chi connectivity index (χ1) is 19.0. The fraction of sp³-hybridized carbons (Fsp3) is 0.531. The minimum absolute atomic E-state index is 0.0648. The summed E-state index contributed by atoms with van der Waals surface area (Å²) >= 11 is 0. The highest BCUT2D eigenvalue weighted by molar-refractivity contribution is 5.93. The molecule has 0 aliphatic heterocycles. The van der Waals surface area contributed by atoms with Crippen molar-refractivity contribution in [1.82, 2.24) is 15.5 Å². The van der Waals surface area contributed by atoms with E-state index in [9.17, 15) is 24.6 Å². The van der Waals surface area contributed by atoms with Crippen LogP contribution in [0.1, 0.15) is 90.5 Å². The predicted octanol–water partition coefficient (Wildman–Crippen LogP) is 5.52. The van der Waals surface area contributed by atoms with E-state index in [4.69, 9.17) is 4.74 Å². The average molecular weight is 570 g/mol.